The van der Waals surface area contributed by atoms with Crippen LogP contribution in [0.3, 0.4) is 0 Å². The van der Waals surface area contributed by atoms with E-state index in [0.29, 0.717) is 10.6 Å². The zero-order valence-electron chi connectivity index (χ0n) is 14.3. The lowest BCUT2D eigenvalue weighted by Gasteiger charge is -2.17. The number of halogens is 1. The van der Waals surface area contributed by atoms with Crippen LogP contribution >= 0.6 is 11.6 Å². The largest absolute Gasteiger partial charge is 0.475 e. The molecule has 0 fully saturated rings. The highest BCUT2D eigenvalue weighted by molar-refractivity contribution is 6.43. The van der Waals surface area contributed by atoms with Gasteiger partial charge in [0.15, 0.2) is 0 Å². The van der Waals surface area contributed by atoms with Gasteiger partial charge in [-0.15, -0.1) is 0 Å². The molecule has 1 amide bonds. The van der Waals surface area contributed by atoms with Gasteiger partial charge in [-0.3, -0.25) is 4.79 Å². The van der Waals surface area contributed by atoms with E-state index in [9.17, 15) is 14.8 Å². The fourth-order valence-corrected chi connectivity index (χ4v) is 3.08. The van der Waals surface area contributed by atoms with E-state index in [2.05, 4.69) is 5.32 Å². The molecule has 3 N–H and O–H groups in total. The van der Waals surface area contributed by atoms with Crippen LogP contribution in [0.1, 0.15) is 16.7 Å². The maximum Gasteiger partial charge on any atom is 0.475 e. The summed E-state index contributed by atoms with van der Waals surface area (Å²) in [7, 11) is -1.69. The van der Waals surface area contributed by atoms with Crippen molar-refractivity contribution in [3.8, 4) is 0 Å². The van der Waals surface area contributed by atoms with Gasteiger partial charge in [-0.05, 0) is 36.6 Å². The molecule has 0 saturated carbocycles. The Kier molecular flexibility index (Phi) is 5.66. The van der Waals surface area contributed by atoms with E-state index in [1.165, 1.54) is 0 Å². The molecule has 0 aliphatic heterocycles. The molecule has 0 bridgehead atoms. The fraction of sp³-hybridized carbons (Fsp3) is 0.211. The van der Waals surface area contributed by atoms with E-state index in [1.54, 1.807) is 12.3 Å². The van der Waals surface area contributed by atoms with Crippen molar-refractivity contribution in [2.24, 2.45) is 0 Å². The second-order valence-corrected chi connectivity index (χ2v) is 6.67. The lowest BCUT2D eigenvalue weighted by molar-refractivity contribution is -0.120. The van der Waals surface area contributed by atoms with Crippen LogP contribution in [-0.2, 0) is 17.6 Å². The summed E-state index contributed by atoms with van der Waals surface area (Å²) < 4.78 is 5.58. The van der Waals surface area contributed by atoms with Gasteiger partial charge in [-0.25, -0.2) is 0 Å². The minimum Gasteiger partial charge on any atom is -0.464 e. The summed E-state index contributed by atoms with van der Waals surface area (Å²) in [6.07, 6.45) is 1.96. The van der Waals surface area contributed by atoms with E-state index in [1.807, 2.05) is 43.3 Å². The molecular formula is C19H19BClNO4. The van der Waals surface area contributed by atoms with Crippen LogP contribution < -0.4 is 5.32 Å². The molecule has 0 aliphatic carbocycles. The maximum atomic E-state index is 12.2. The number of fused-ring (bicyclic) bond motifs is 1. The summed E-state index contributed by atoms with van der Waals surface area (Å²) in [6.45, 7) is 1.86. The van der Waals surface area contributed by atoms with Crippen molar-refractivity contribution in [2.75, 3.05) is 0 Å². The molecule has 26 heavy (non-hydrogen) atoms. The second kappa shape index (κ2) is 7.95. The third kappa shape index (κ3) is 4.10. The topological polar surface area (TPSA) is 82.7 Å². The summed E-state index contributed by atoms with van der Waals surface area (Å²) in [5.41, 5.74) is 3.12. The molecule has 0 saturated heterocycles. The van der Waals surface area contributed by atoms with Crippen molar-refractivity contribution in [1.82, 2.24) is 5.32 Å². The number of hydrogen-bond donors (Lipinski definition) is 3. The molecule has 0 unspecified atom stereocenters. The van der Waals surface area contributed by atoms with Crippen LogP contribution in [0.25, 0.3) is 11.0 Å². The number of furan rings is 1. The molecule has 3 rings (SSSR count). The van der Waals surface area contributed by atoms with E-state index in [0.717, 1.165) is 22.1 Å². The molecule has 134 valence electrons. The highest BCUT2D eigenvalue weighted by Crippen LogP contribution is 2.29. The van der Waals surface area contributed by atoms with Gasteiger partial charge in [0.05, 0.1) is 18.6 Å². The summed E-state index contributed by atoms with van der Waals surface area (Å²) >= 11 is 6.10. The molecule has 5 nitrogen and oxygen atoms in total. The van der Waals surface area contributed by atoms with Crippen LogP contribution in [0.5, 0.6) is 0 Å². The van der Waals surface area contributed by atoms with Crippen molar-refractivity contribution in [2.45, 2.75) is 25.7 Å². The molecule has 2 aromatic carbocycles. The van der Waals surface area contributed by atoms with Crippen LogP contribution in [0.2, 0.25) is 5.02 Å². The first-order chi connectivity index (χ1) is 12.5. The SMILES string of the molecule is Cc1c(Cl)ccc2c(C[C@H](NC(=O)Cc3ccccc3)B(O)O)coc12. The first kappa shape index (κ1) is 18.5. The predicted octanol–water partition coefficient (Wildman–Crippen LogP) is 2.68. The Balaban J connectivity index is 1.75. The average Bonchev–Trinajstić information content (AvgIpc) is 3.02. The van der Waals surface area contributed by atoms with Crippen LogP contribution in [0.15, 0.2) is 53.1 Å². The number of benzene rings is 2. The standard InChI is InChI=1S/C19H19BClNO4/c1-12-16(21)8-7-15-14(11-26-19(12)15)10-17(20(24)25)22-18(23)9-13-5-3-2-4-6-13/h2-8,11,17,24-25H,9-10H2,1H3,(H,22,23)/t17-/m0/s1. The molecule has 3 aromatic rings. The third-order valence-corrected chi connectivity index (χ3v) is 4.77. The van der Waals surface area contributed by atoms with Crippen molar-refractivity contribution in [3.63, 3.8) is 0 Å². The first-order valence-electron chi connectivity index (χ1n) is 8.30. The van der Waals surface area contributed by atoms with E-state index >= 15 is 0 Å². The van der Waals surface area contributed by atoms with Gasteiger partial charge >= 0.3 is 7.12 Å². The number of carbonyl (C=O) groups excluding carboxylic acids is 1. The van der Waals surface area contributed by atoms with Crippen LogP contribution in [0.4, 0.5) is 0 Å². The van der Waals surface area contributed by atoms with Gasteiger partial charge < -0.3 is 19.8 Å². The smallest absolute Gasteiger partial charge is 0.464 e. The minimum absolute atomic E-state index is 0.172. The van der Waals surface area contributed by atoms with Crippen LogP contribution in [0, 0.1) is 6.92 Å². The zero-order chi connectivity index (χ0) is 18.7. The van der Waals surface area contributed by atoms with Crippen LogP contribution in [-0.4, -0.2) is 29.0 Å². The quantitative estimate of drug-likeness (QED) is 0.582. The summed E-state index contributed by atoms with van der Waals surface area (Å²) in [5.74, 6) is -1.12. The number of hydrogen-bond acceptors (Lipinski definition) is 4. The van der Waals surface area contributed by atoms with Gasteiger partial charge in [0.2, 0.25) is 5.91 Å². The molecule has 1 atom stereocenters. The highest BCUT2D eigenvalue weighted by Gasteiger charge is 2.27. The fourth-order valence-electron chi connectivity index (χ4n) is 2.93. The molecule has 0 aliphatic rings. The van der Waals surface area contributed by atoms with Crippen molar-refractivity contribution >= 4 is 35.6 Å². The predicted molar refractivity (Wildman–Crippen MR) is 102 cm³/mol. The molecule has 1 aromatic heterocycles. The monoisotopic (exact) mass is 371 g/mol. The summed E-state index contributed by atoms with van der Waals surface area (Å²) in [6, 6.07) is 12.9. The lowest BCUT2D eigenvalue weighted by atomic mass is 9.75. The molecule has 0 radical (unpaired) electrons. The Bertz CT molecular complexity index is 911. The average molecular weight is 372 g/mol. The zero-order valence-corrected chi connectivity index (χ0v) is 15.0. The molecule has 0 spiro atoms. The van der Waals surface area contributed by atoms with E-state index < -0.39 is 13.1 Å². The Morgan fingerprint density at radius 1 is 1.23 bits per heavy atom. The lowest BCUT2D eigenvalue weighted by Crippen LogP contribution is -2.48. The van der Waals surface area contributed by atoms with Gasteiger partial charge in [-0.2, -0.15) is 0 Å². The van der Waals surface area contributed by atoms with Gasteiger partial charge in [0.1, 0.15) is 5.58 Å². The number of carbonyl (C=O) groups is 1. The normalized spacial score (nSPS) is 12.2. The number of rotatable bonds is 6. The Labute approximate surface area is 156 Å². The van der Waals surface area contributed by atoms with E-state index in [4.69, 9.17) is 16.0 Å². The summed E-state index contributed by atoms with van der Waals surface area (Å²) in [5, 5.41) is 23.5. The van der Waals surface area contributed by atoms with Gasteiger partial charge in [0, 0.05) is 16.0 Å². The third-order valence-electron chi connectivity index (χ3n) is 4.36. The molecular weight excluding hydrogens is 352 g/mol. The number of nitrogens with one attached hydrogen (secondary N) is 1. The van der Waals surface area contributed by atoms with Crippen molar-refractivity contribution < 1.29 is 19.3 Å². The Morgan fingerprint density at radius 3 is 2.65 bits per heavy atom. The van der Waals surface area contributed by atoms with Crippen molar-refractivity contribution in [1.29, 1.82) is 0 Å². The van der Waals surface area contributed by atoms with Gasteiger partial charge in [0.25, 0.3) is 0 Å². The first-order valence-corrected chi connectivity index (χ1v) is 8.68. The summed E-state index contributed by atoms with van der Waals surface area (Å²) in [4.78, 5) is 12.2. The maximum absolute atomic E-state index is 12.2. The minimum atomic E-state index is -1.69. The van der Waals surface area contributed by atoms with Gasteiger partial charge in [-0.1, -0.05) is 41.9 Å². The molecule has 1 heterocycles. The highest BCUT2D eigenvalue weighted by atomic mass is 35.5. The van der Waals surface area contributed by atoms with Crippen molar-refractivity contribution in [3.05, 3.63) is 70.4 Å². The van der Waals surface area contributed by atoms with E-state index in [-0.39, 0.29) is 18.7 Å². The Morgan fingerprint density at radius 2 is 1.96 bits per heavy atom. The molecule has 7 heteroatoms. The number of aryl methyl sites for hydroxylation is 1. The number of amides is 1. The second-order valence-electron chi connectivity index (χ2n) is 6.26. The Hall–Kier alpha value is -2.28.